The highest BCUT2D eigenvalue weighted by Crippen LogP contribution is 2.23. The fraction of sp³-hybridized carbons (Fsp3) is 0.444. The Labute approximate surface area is 148 Å². The van der Waals surface area contributed by atoms with Crippen molar-refractivity contribution in [1.82, 2.24) is 9.29 Å². The number of nitrogens with one attached hydrogen (secondary N) is 1. The van der Waals surface area contributed by atoms with Crippen molar-refractivity contribution in [2.75, 3.05) is 17.6 Å². The number of amides is 1. The molecular formula is C18H23N3O3S. The molecule has 1 aliphatic heterocycles. The molecule has 3 rings (SSSR count). The molecule has 2 aromatic rings. The van der Waals surface area contributed by atoms with E-state index in [4.69, 9.17) is 0 Å². The van der Waals surface area contributed by atoms with Crippen LogP contribution in [0.15, 0.2) is 36.5 Å². The minimum atomic E-state index is -3.40. The number of fused-ring (bicyclic) bond motifs is 1. The van der Waals surface area contributed by atoms with E-state index in [0.717, 1.165) is 23.7 Å². The number of para-hydroxylation sites is 1. The first-order chi connectivity index (χ1) is 12.0. The second-order valence-electron chi connectivity index (χ2n) is 6.34. The molecule has 6 nitrogen and oxygen atoms in total. The molecule has 0 radical (unpaired) electrons. The summed E-state index contributed by atoms with van der Waals surface area (Å²) >= 11 is 0. The van der Waals surface area contributed by atoms with Crippen molar-refractivity contribution in [3.05, 3.63) is 36.5 Å². The van der Waals surface area contributed by atoms with Gasteiger partial charge in [-0.25, -0.2) is 8.42 Å². The fourth-order valence-corrected chi connectivity index (χ4v) is 4.99. The molecule has 1 aliphatic rings. The Bertz CT molecular complexity index is 867. The van der Waals surface area contributed by atoms with Gasteiger partial charge in [0, 0.05) is 11.9 Å². The van der Waals surface area contributed by atoms with Crippen LogP contribution in [-0.2, 0) is 14.8 Å². The molecular weight excluding hydrogens is 338 g/mol. The molecule has 1 atom stereocenters. The van der Waals surface area contributed by atoms with E-state index >= 15 is 0 Å². The Morgan fingerprint density at radius 2 is 2.12 bits per heavy atom. The molecule has 1 unspecified atom stereocenters. The largest absolute Gasteiger partial charge is 0.323 e. The third-order valence-corrected chi connectivity index (χ3v) is 6.51. The zero-order valence-electron chi connectivity index (χ0n) is 14.3. The normalized spacial score (nSPS) is 19.0. The molecule has 1 aromatic heterocycles. The third-order valence-electron chi connectivity index (χ3n) is 4.43. The van der Waals surface area contributed by atoms with Gasteiger partial charge in [0.1, 0.15) is 6.04 Å². The number of rotatable bonds is 5. The van der Waals surface area contributed by atoms with Gasteiger partial charge in [-0.1, -0.05) is 31.5 Å². The first-order valence-electron chi connectivity index (χ1n) is 8.66. The molecule has 1 saturated heterocycles. The van der Waals surface area contributed by atoms with Crippen LogP contribution in [0.25, 0.3) is 10.9 Å². The van der Waals surface area contributed by atoms with Crippen molar-refractivity contribution in [3.8, 4) is 0 Å². The summed E-state index contributed by atoms with van der Waals surface area (Å²) < 4.78 is 26.3. The first-order valence-corrected chi connectivity index (χ1v) is 10.3. The second-order valence-corrected chi connectivity index (χ2v) is 8.39. The van der Waals surface area contributed by atoms with Gasteiger partial charge in [-0.15, -0.1) is 0 Å². The number of hydrogen-bond donors (Lipinski definition) is 1. The number of benzene rings is 1. The van der Waals surface area contributed by atoms with Crippen LogP contribution in [0.5, 0.6) is 0 Å². The highest BCUT2D eigenvalue weighted by atomic mass is 32.2. The van der Waals surface area contributed by atoms with E-state index in [1.54, 1.807) is 6.20 Å². The third kappa shape index (κ3) is 3.99. The summed E-state index contributed by atoms with van der Waals surface area (Å²) in [6.07, 6.45) is 4.35. The predicted molar refractivity (Wildman–Crippen MR) is 98.8 cm³/mol. The maximum absolute atomic E-state index is 12.7. The lowest BCUT2D eigenvalue weighted by Gasteiger charge is -2.33. The first kappa shape index (κ1) is 17.8. The number of piperidine rings is 1. The van der Waals surface area contributed by atoms with Crippen molar-refractivity contribution in [2.24, 2.45) is 0 Å². The lowest BCUT2D eigenvalue weighted by Crippen LogP contribution is -2.50. The molecule has 1 N–H and O–H groups in total. The van der Waals surface area contributed by atoms with E-state index in [0.29, 0.717) is 25.1 Å². The molecule has 25 heavy (non-hydrogen) atoms. The lowest BCUT2D eigenvalue weighted by atomic mass is 10.0. The highest BCUT2D eigenvalue weighted by Gasteiger charge is 2.36. The number of anilines is 1. The topological polar surface area (TPSA) is 79.4 Å². The minimum Gasteiger partial charge on any atom is -0.323 e. The van der Waals surface area contributed by atoms with Crippen LogP contribution in [0.3, 0.4) is 0 Å². The Morgan fingerprint density at radius 3 is 2.92 bits per heavy atom. The summed E-state index contributed by atoms with van der Waals surface area (Å²) in [6, 6.07) is 8.87. The van der Waals surface area contributed by atoms with Crippen LogP contribution in [0.2, 0.25) is 0 Å². The Kier molecular flexibility index (Phi) is 5.34. The van der Waals surface area contributed by atoms with Gasteiger partial charge < -0.3 is 5.32 Å². The number of nitrogens with zero attached hydrogens (tertiary/aromatic N) is 2. The average molecular weight is 361 g/mol. The summed E-state index contributed by atoms with van der Waals surface area (Å²) in [5, 5.41) is 3.77. The highest BCUT2D eigenvalue weighted by molar-refractivity contribution is 7.89. The number of pyridine rings is 1. The molecule has 7 heteroatoms. The molecule has 0 bridgehead atoms. The van der Waals surface area contributed by atoms with E-state index in [2.05, 4.69) is 10.3 Å². The van der Waals surface area contributed by atoms with Gasteiger partial charge in [0.05, 0.1) is 23.2 Å². The summed E-state index contributed by atoms with van der Waals surface area (Å²) in [5.41, 5.74) is 1.44. The molecule has 0 saturated carbocycles. The number of hydrogen-bond acceptors (Lipinski definition) is 4. The quantitative estimate of drug-likeness (QED) is 0.888. The number of sulfonamides is 1. The maximum atomic E-state index is 12.7. The molecule has 2 heterocycles. The van der Waals surface area contributed by atoms with Gasteiger partial charge >= 0.3 is 0 Å². The van der Waals surface area contributed by atoms with E-state index < -0.39 is 16.1 Å². The number of carbonyl (C=O) groups is 1. The fourth-order valence-electron chi connectivity index (χ4n) is 3.24. The summed E-state index contributed by atoms with van der Waals surface area (Å²) in [6.45, 7) is 2.24. The zero-order chi connectivity index (χ0) is 17.9. The van der Waals surface area contributed by atoms with Crippen molar-refractivity contribution in [1.29, 1.82) is 0 Å². The summed E-state index contributed by atoms with van der Waals surface area (Å²) in [4.78, 5) is 17.0. The van der Waals surface area contributed by atoms with Crippen molar-refractivity contribution in [3.63, 3.8) is 0 Å². The van der Waals surface area contributed by atoms with Crippen LogP contribution < -0.4 is 5.32 Å². The van der Waals surface area contributed by atoms with Crippen molar-refractivity contribution in [2.45, 2.75) is 38.6 Å². The van der Waals surface area contributed by atoms with Gasteiger partial charge in [-0.2, -0.15) is 4.31 Å². The summed E-state index contributed by atoms with van der Waals surface area (Å²) in [5.74, 6) is -0.203. The number of carbonyl (C=O) groups excluding carboxylic acids is 1. The van der Waals surface area contributed by atoms with E-state index in [9.17, 15) is 13.2 Å². The van der Waals surface area contributed by atoms with Gasteiger partial charge in [-0.05, 0) is 31.4 Å². The molecule has 134 valence electrons. The standard InChI is InChI=1S/C18H23N3O3S/c1-2-11-25(23,24)21-10-6-5-9-17(21)18(22)20-15-12-14-7-3-4-8-16(14)19-13-15/h3-4,7-8,12-13,17H,2,5-6,9-11H2,1H3,(H,20,22). The van der Waals surface area contributed by atoms with Gasteiger partial charge in [0.15, 0.2) is 0 Å². The Hall–Kier alpha value is -1.99. The average Bonchev–Trinajstić information content (AvgIpc) is 2.61. The van der Waals surface area contributed by atoms with Crippen molar-refractivity contribution >= 4 is 32.5 Å². The van der Waals surface area contributed by atoms with Crippen LogP contribution >= 0.6 is 0 Å². The second kappa shape index (κ2) is 7.49. The molecule has 1 fully saturated rings. The van der Waals surface area contributed by atoms with Crippen LogP contribution in [0, 0.1) is 0 Å². The zero-order valence-corrected chi connectivity index (χ0v) is 15.1. The SMILES string of the molecule is CCCS(=O)(=O)N1CCCCC1C(=O)Nc1cnc2ccccc2c1. The van der Waals surface area contributed by atoms with E-state index in [-0.39, 0.29) is 11.7 Å². The molecule has 1 amide bonds. The molecule has 0 aliphatic carbocycles. The Balaban J connectivity index is 1.80. The predicted octanol–water partition coefficient (Wildman–Crippen LogP) is 2.77. The molecule has 0 spiro atoms. The lowest BCUT2D eigenvalue weighted by molar-refractivity contribution is -0.120. The van der Waals surface area contributed by atoms with Crippen molar-refractivity contribution < 1.29 is 13.2 Å². The minimum absolute atomic E-state index is 0.0777. The van der Waals surface area contributed by atoms with E-state index in [1.807, 2.05) is 37.3 Å². The Morgan fingerprint density at radius 1 is 1.32 bits per heavy atom. The van der Waals surface area contributed by atoms with Crippen LogP contribution in [0.1, 0.15) is 32.6 Å². The van der Waals surface area contributed by atoms with Gasteiger partial charge in [0.2, 0.25) is 15.9 Å². The molecule has 1 aromatic carbocycles. The van der Waals surface area contributed by atoms with E-state index in [1.165, 1.54) is 4.31 Å². The summed E-state index contributed by atoms with van der Waals surface area (Å²) in [7, 11) is -3.40. The number of aromatic nitrogens is 1. The smallest absolute Gasteiger partial charge is 0.242 e. The van der Waals surface area contributed by atoms with Gasteiger partial charge in [0.25, 0.3) is 0 Å². The van der Waals surface area contributed by atoms with Crippen LogP contribution in [-0.4, -0.2) is 42.0 Å². The van der Waals surface area contributed by atoms with Crippen LogP contribution in [0.4, 0.5) is 5.69 Å². The maximum Gasteiger partial charge on any atom is 0.242 e. The monoisotopic (exact) mass is 361 g/mol. The van der Waals surface area contributed by atoms with Gasteiger partial charge in [-0.3, -0.25) is 9.78 Å².